The molecule has 1 aliphatic heterocycles. The fraction of sp³-hybridized carbons (Fsp3) is 0.471. The van der Waals surface area contributed by atoms with Crippen molar-refractivity contribution in [2.45, 2.75) is 12.6 Å². The number of nitrogens with zero attached hydrogens (tertiary/aromatic N) is 5. The standard InChI is InChI=1S/C17H22FN5O3/c1-26-15-3-2-13(18)10-14(15)16(17(24)25)22-7-4-21(5-8-22)6-9-23-12-19-11-20-23/h2-3,10-12,16H,4-9H2,1H3,(H,24,25). The molecule has 0 spiro atoms. The minimum absolute atomic E-state index is 0.344. The van der Waals surface area contributed by atoms with Crippen LogP contribution in [0.5, 0.6) is 5.75 Å². The van der Waals surface area contributed by atoms with E-state index in [0.717, 1.165) is 26.2 Å². The predicted molar refractivity (Wildman–Crippen MR) is 91.4 cm³/mol. The van der Waals surface area contributed by atoms with Crippen LogP contribution in [0.3, 0.4) is 0 Å². The zero-order valence-corrected chi connectivity index (χ0v) is 14.6. The fourth-order valence-electron chi connectivity index (χ4n) is 3.24. The number of carboxylic acid groups (broad SMARTS) is 1. The molecule has 1 unspecified atom stereocenters. The molecular formula is C17H22FN5O3. The van der Waals surface area contributed by atoms with Crippen molar-refractivity contribution in [3.63, 3.8) is 0 Å². The third-order valence-electron chi connectivity index (χ3n) is 4.60. The van der Waals surface area contributed by atoms with Gasteiger partial charge in [-0.3, -0.25) is 19.3 Å². The first kappa shape index (κ1) is 18.3. The highest BCUT2D eigenvalue weighted by Crippen LogP contribution is 2.31. The van der Waals surface area contributed by atoms with E-state index in [1.54, 1.807) is 11.0 Å². The summed E-state index contributed by atoms with van der Waals surface area (Å²) in [4.78, 5) is 19.9. The molecule has 26 heavy (non-hydrogen) atoms. The summed E-state index contributed by atoms with van der Waals surface area (Å²) in [6.45, 7) is 4.17. The summed E-state index contributed by atoms with van der Waals surface area (Å²) in [6.07, 6.45) is 3.18. The largest absolute Gasteiger partial charge is 0.496 e. The first-order valence-corrected chi connectivity index (χ1v) is 8.43. The topological polar surface area (TPSA) is 83.7 Å². The van der Waals surface area contributed by atoms with Crippen molar-refractivity contribution >= 4 is 5.97 Å². The van der Waals surface area contributed by atoms with E-state index in [9.17, 15) is 14.3 Å². The van der Waals surface area contributed by atoms with Crippen molar-refractivity contribution in [3.8, 4) is 5.75 Å². The number of hydrogen-bond acceptors (Lipinski definition) is 6. The molecule has 0 aliphatic carbocycles. The summed E-state index contributed by atoms with van der Waals surface area (Å²) in [5, 5.41) is 13.8. The van der Waals surface area contributed by atoms with Gasteiger partial charge in [0.1, 0.15) is 30.3 Å². The number of carboxylic acids is 1. The van der Waals surface area contributed by atoms with Crippen LogP contribution in [0, 0.1) is 5.82 Å². The average Bonchev–Trinajstić information content (AvgIpc) is 3.15. The molecule has 1 aromatic carbocycles. The van der Waals surface area contributed by atoms with E-state index in [1.165, 1.54) is 31.6 Å². The molecule has 0 amide bonds. The second-order valence-corrected chi connectivity index (χ2v) is 6.16. The van der Waals surface area contributed by atoms with Gasteiger partial charge in [0.15, 0.2) is 0 Å². The van der Waals surface area contributed by atoms with E-state index >= 15 is 0 Å². The van der Waals surface area contributed by atoms with Gasteiger partial charge in [0.2, 0.25) is 0 Å². The Kier molecular flexibility index (Phi) is 5.79. The smallest absolute Gasteiger partial charge is 0.325 e. The van der Waals surface area contributed by atoms with Crippen molar-refractivity contribution in [3.05, 3.63) is 42.2 Å². The van der Waals surface area contributed by atoms with Crippen molar-refractivity contribution in [2.24, 2.45) is 0 Å². The monoisotopic (exact) mass is 363 g/mol. The zero-order chi connectivity index (χ0) is 18.5. The lowest BCUT2D eigenvalue weighted by atomic mass is 10.0. The molecule has 0 radical (unpaired) electrons. The van der Waals surface area contributed by atoms with Crippen LogP contribution in [0.15, 0.2) is 30.9 Å². The summed E-state index contributed by atoms with van der Waals surface area (Å²) in [5.74, 6) is -1.10. The molecule has 1 aromatic heterocycles. The van der Waals surface area contributed by atoms with Crippen molar-refractivity contribution < 1.29 is 19.0 Å². The second kappa shape index (κ2) is 8.24. The maximum atomic E-state index is 13.7. The summed E-state index contributed by atoms with van der Waals surface area (Å²) in [7, 11) is 1.46. The maximum Gasteiger partial charge on any atom is 0.325 e. The van der Waals surface area contributed by atoms with Gasteiger partial charge in [-0.05, 0) is 18.2 Å². The number of carbonyl (C=O) groups is 1. The van der Waals surface area contributed by atoms with Crippen LogP contribution < -0.4 is 4.74 Å². The normalized spacial score (nSPS) is 17.2. The number of piperazine rings is 1. The lowest BCUT2D eigenvalue weighted by molar-refractivity contribution is -0.144. The minimum atomic E-state index is -1.01. The first-order valence-electron chi connectivity index (χ1n) is 8.43. The van der Waals surface area contributed by atoms with Gasteiger partial charge in [-0.2, -0.15) is 5.10 Å². The number of rotatable bonds is 7. The molecule has 8 nitrogen and oxygen atoms in total. The van der Waals surface area contributed by atoms with Crippen LogP contribution in [-0.2, 0) is 11.3 Å². The summed E-state index contributed by atoms with van der Waals surface area (Å²) >= 11 is 0. The molecule has 1 fully saturated rings. The van der Waals surface area contributed by atoms with E-state index in [4.69, 9.17) is 4.74 Å². The Hall–Kier alpha value is -2.52. The van der Waals surface area contributed by atoms with Crippen molar-refractivity contribution in [1.29, 1.82) is 0 Å². The fourth-order valence-corrected chi connectivity index (χ4v) is 3.24. The minimum Gasteiger partial charge on any atom is -0.496 e. The van der Waals surface area contributed by atoms with Crippen LogP contribution in [0.1, 0.15) is 11.6 Å². The molecule has 140 valence electrons. The average molecular weight is 363 g/mol. The number of aliphatic carboxylic acids is 1. The number of ether oxygens (including phenoxy) is 1. The van der Waals surface area contributed by atoms with Crippen LogP contribution in [0.25, 0.3) is 0 Å². The number of benzene rings is 1. The third kappa shape index (κ3) is 4.17. The van der Waals surface area contributed by atoms with E-state index in [-0.39, 0.29) is 0 Å². The highest BCUT2D eigenvalue weighted by atomic mass is 19.1. The third-order valence-corrected chi connectivity index (χ3v) is 4.60. The molecule has 1 aliphatic rings. The molecule has 0 bridgehead atoms. The number of hydrogen-bond donors (Lipinski definition) is 1. The second-order valence-electron chi connectivity index (χ2n) is 6.16. The maximum absolute atomic E-state index is 13.7. The van der Waals surface area contributed by atoms with Crippen molar-refractivity contribution in [1.82, 2.24) is 24.6 Å². The zero-order valence-electron chi connectivity index (χ0n) is 14.6. The Bertz CT molecular complexity index is 732. The number of methoxy groups -OCH3 is 1. The Morgan fingerprint density at radius 3 is 2.69 bits per heavy atom. The number of aromatic nitrogens is 3. The molecule has 3 rings (SSSR count). The summed E-state index contributed by atoms with van der Waals surface area (Å²) in [5.41, 5.74) is 0.344. The SMILES string of the molecule is COc1ccc(F)cc1C(C(=O)O)N1CCN(CCn2cncn2)CC1. The van der Waals surface area contributed by atoms with Gasteiger partial charge in [0.05, 0.1) is 13.7 Å². The molecule has 9 heteroatoms. The highest BCUT2D eigenvalue weighted by Gasteiger charge is 2.32. The van der Waals surface area contributed by atoms with Gasteiger partial charge < -0.3 is 9.84 Å². The Labute approximate surface area is 150 Å². The molecule has 0 saturated carbocycles. The quantitative estimate of drug-likeness (QED) is 0.781. The van der Waals surface area contributed by atoms with Crippen LogP contribution in [-0.4, -0.2) is 75.5 Å². The van der Waals surface area contributed by atoms with Crippen molar-refractivity contribution in [2.75, 3.05) is 39.8 Å². The summed E-state index contributed by atoms with van der Waals surface area (Å²) < 4.78 is 20.7. The van der Waals surface area contributed by atoms with Gasteiger partial charge in [0, 0.05) is 38.3 Å². The Balaban J connectivity index is 1.65. The lowest BCUT2D eigenvalue weighted by Crippen LogP contribution is -2.49. The molecular weight excluding hydrogens is 341 g/mol. The van der Waals surface area contributed by atoms with E-state index in [2.05, 4.69) is 15.0 Å². The van der Waals surface area contributed by atoms with Gasteiger partial charge in [-0.1, -0.05) is 0 Å². The molecule has 2 heterocycles. The predicted octanol–water partition coefficient (Wildman–Crippen LogP) is 0.869. The van der Waals surface area contributed by atoms with Crippen LogP contribution in [0.4, 0.5) is 4.39 Å². The van der Waals surface area contributed by atoms with Crippen LogP contribution in [0.2, 0.25) is 0 Å². The molecule has 1 N–H and O–H groups in total. The van der Waals surface area contributed by atoms with Gasteiger partial charge >= 0.3 is 5.97 Å². The Morgan fingerprint density at radius 1 is 1.31 bits per heavy atom. The van der Waals surface area contributed by atoms with Gasteiger partial charge in [-0.25, -0.2) is 9.37 Å². The summed E-state index contributed by atoms with van der Waals surface area (Å²) in [6, 6.07) is 3.05. The Morgan fingerprint density at radius 2 is 2.08 bits per heavy atom. The van der Waals surface area contributed by atoms with E-state index in [0.29, 0.717) is 24.4 Å². The first-order chi connectivity index (χ1) is 12.6. The van der Waals surface area contributed by atoms with Gasteiger partial charge in [0.25, 0.3) is 0 Å². The van der Waals surface area contributed by atoms with Gasteiger partial charge in [-0.15, -0.1) is 0 Å². The number of halogens is 1. The van der Waals surface area contributed by atoms with E-state index in [1.807, 2.05) is 4.90 Å². The molecule has 1 atom stereocenters. The molecule has 1 saturated heterocycles. The highest BCUT2D eigenvalue weighted by molar-refractivity contribution is 5.76. The molecule has 2 aromatic rings. The van der Waals surface area contributed by atoms with Crippen LogP contribution >= 0.6 is 0 Å². The van der Waals surface area contributed by atoms with E-state index < -0.39 is 17.8 Å². The lowest BCUT2D eigenvalue weighted by Gasteiger charge is -2.38.